The topological polar surface area (TPSA) is 78.8 Å². The van der Waals surface area contributed by atoms with Gasteiger partial charge in [-0.1, -0.05) is 30.3 Å². The monoisotopic (exact) mass is 275 g/mol. The number of phosphoric ester groups is 1. The minimum atomic E-state index is -4.17. The third kappa shape index (κ3) is 10.4. The molecule has 3 N–H and O–H groups in total. The molecule has 0 amide bonds. The lowest BCUT2D eigenvalue weighted by atomic mass is 10.1. The average molecular weight is 275 g/mol. The van der Waals surface area contributed by atoms with Crippen molar-refractivity contribution in [2.75, 3.05) is 13.7 Å². The summed E-state index contributed by atoms with van der Waals surface area (Å²) in [6.07, 6.45) is 1.11. The lowest BCUT2D eigenvalue weighted by Gasteiger charge is -2.08. The zero-order valence-corrected chi connectivity index (χ0v) is 11.9. The van der Waals surface area contributed by atoms with E-state index >= 15 is 0 Å². The van der Waals surface area contributed by atoms with Crippen molar-refractivity contribution in [1.29, 1.82) is 0 Å². The van der Waals surface area contributed by atoms with Crippen molar-refractivity contribution in [3.05, 3.63) is 35.9 Å². The van der Waals surface area contributed by atoms with Gasteiger partial charge in [0.2, 0.25) is 0 Å². The number of nitrogens with one attached hydrogen (secondary N) is 1. The summed E-state index contributed by atoms with van der Waals surface area (Å²) in [5.74, 6) is 0. The molecule has 0 aromatic heterocycles. The van der Waals surface area contributed by atoms with Crippen molar-refractivity contribution in [3.8, 4) is 0 Å². The van der Waals surface area contributed by atoms with Crippen LogP contribution in [0.5, 0.6) is 0 Å². The van der Waals surface area contributed by atoms with Crippen LogP contribution in [-0.4, -0.2) is 29.5 Å². The highest BCUT2D eigenvalue weighted by molar-refractivity contribution is 7.46. The number of likely N-dealkylation sites (N-methyl/N-ethyl adjacent to an activating group) is 1. The molecule has 18 heavy (non-hydrogen) atoms. The van der Waals surface area contributed by atoms with E-state index in [1.807, 2.05) is 13.1 Å². The first-order valence-electron chi connectivity index (χ1n) is 5.80. The maximum atomic E-state index is 9.70. The van der Waals surface area contributed by atoms with Crippen LogP contribution in [0.15, 0.2) is 30.3 Å². The third-order valence-electron chi connectivity index (χ3n) is 2.17. The van der Waals surface area contributed by atoms with E-state index in [0.717, 1.165) is 6.42 Å². The summed E-state index contributed by atoms with van der Waals surface area (Å²) in [5.41, 5.74) is 1.40. The Bertz CT molecular complexity index is 352. The van der Waals surface area contributed by atoms with Gasteiger partial charge in [-0.3, -0.25) is 4.52 Å². The normalized spacial score (nSPS) is 12.5. The summed E-state index contributed by atoms with van der Waals surface area (Å²) in [4.78, 5) is 15.8. The van der Waals surface area contributed by atoms with E-state index in [1.54, 1.807) is 0 Å². The van der Waals surface area contributed by atoms with Gasteiger partial charge < -0.3 is 15.1 Å². The van der Waals surface area contributed by atoms with E-state index in [2.05, 4.69) is 41.0 Å². The van der Waals surface area contributed by atoms with E-state index in [9.17, 15) is 4.57 Å². The van der Waals surface area contributed by atoms with Gasteiger partial charge in [0.1, 0.15) is 0 Å². The molecule has 0 aliphatic carbocycles. The molecule has 0 spiro atoms. The number of rotatable bonds is 5. The molecule has 104 valence electrons. The molecule has 0 bridgehead atoms. The fraction of sp³-hybridized carbons (Fsp3) is 0.500. The van der Waals surface area contributed by atoms with E-state index < -0.39 is 7.82 Å². The SMILES string of the molecule is CCOP(=O)(O)O.CNC(C)Cc1ccccc1. The van der Waals surface area contributed by atoms with E-state index in [4.69, 9.17) is 9.79 Å². The molecule has 0 fully saturated rings. The molecule has 1 aromatic carbocycles. The first-order chi connectivity index (χ1) is 8.39. The molecular weight excluding hydrogens is 253 g/mol. The van der Waals surface area contributed by atoms with Crippen molar-refractivity contribution < 1.29 is 18.9 Å². The van der Waals surface area contributed by atoms with Crippen molar-refractivity contribution in [2.24, 2.45) is 0 Å². The Morgan fingerprint density at radius 2 is 1.89 bits per heavy atom. The van der Waals surface area contributed by atoms with Crippen molar-refractivity contribution in [3.63, 3.8) is 0 Å². The molecule has 1 unspecified atom stereocenters. The molecule has 1 aromatic rings. The highest BCUT2D eigenvalue weighted by atomic mass is 31.2. The molecule has 1 atom stereocenters. The Morgan fingerprint density at radius 3 is 2.22 bits per heavy atom. The smallest absolute Gasteiger partial charge is 0.317 e. The number of hydrogen-bond donors (Lipinski definition) is 3. The fourth-order valence-electron chi connectivity index (χ4n) is 1.24. The first kappa shape index (κ1) is 17.3. The third-order valence-corrected chi connectivity index (χ3v) is 2.77. The van der Waals surface area contributed by atoms with Gasteiger partial charge in [-0.05, 0) is 32.9 Å². The minimum Gasteiger partial charge on any atom is -0.317 e. The van der Waals surface area contributed by atoms with E-state index in [0.29, 0.717) is 6.04 Å². The molecular formula is C12H22NO4P. The van der Waals surface area contributed by atoms with Gasteiger partial charge in [0, 0.05) is 6.04 Å². The average Bonchev–Trinajstić information content (AvgIpc) is 2.29. The Kier molecular flexibility index (Phi) is 8.89. The van der Waals surface area contributed by atoms with Crippen LogP contribution >= 0.6 is 7.82 Å². The predicted molar refractivity (Wildman–Crippen MR) is 72.3 cm³/mol. The van der Waals surface area contributed by atoms with Gasteiger partial charge in [-0.15, -0.1) is 0 Å². The summed E-state index contributed by atoms with van der Waals surface area (Å²) in [6.45, 7) is 3.75. The zero-order valence-electron chi connectivity index (χ0n) is 11.0. The first-order valence-corrected chi connectivity index (χ1v) is 7.33. The molecule has 0 aliphatic rings. The van der Waals surface area contributed by atoms with Crippen LogP contribution in [0.25, 0.3) is 0 Å². The van der Waals surface area contributed by atoms with Gasteiger partial charge in [0.15, 0.2) is 0 Å². The highest BCUT2D eigenvalue weighted by Crippen LogP contribution is 2.34. The second-order valence-corrected chi connectivity index (χ2v) is 5.03. The molecule has 0 aliphatic heterocycles. The quantitative estimate of drug-likeness (QED) is 0.716. The van der Waals surface area contributed by atoms with Gasteiger partial charge >= 0.3 is 7.82 Å². The summed E-state index contributed by atoms with van der Waals surface area (Å²) in [7, 11) is -2.17. The standard InChI is InChI=1S/C10H15N.C2H7O4P/c1-9(11-2)8-10-6-4-3-5-7-10;1-2-6-7(3,4)5/h3-7,9,11H,8H2,1-2H3;2H2,1H3,(H2,3,4,5). The maximum absolute atomic E-state index is 9.70. The summed E-state index contributed by atoms with van der Waals surface area (Å²) < 4.78 is 13.6. The Hall–Kier alpha value is -0.710. The second kappa shape index (κ2) is 9.25. The van der Waals surface area contributed by atoms with Crippen LogP contribution in [0.3, 0.4) is 0 Å². The fourth-order valence-corrected chi connectivity index (χ4v) is 1.57. The van der Waals surface area contributed by atoms with Gasteiger partial charge in [-0.25, -0.2) is 4.57 Å². The van der Waals surface area contributed by atoms with E-state index in [-0.39, 0.29) is 6.61 Å². The molecule has 6 heteroatoms. The van der Waals surface area contributed by atoms with Gasteiger partial charge in [0.05, 0.1) is 6.61 Å². The lowest BCUT2D eigenvalue weighted by molar-refractivity contribution is 0.206. The van der Waals surface area contributed by atoms with Crippen LogP contribution in [0.1, 0.15) is 19.4 Å². The highest BCUT2D eigenvalue weighted by Gasteiger charge is 2.10. The van der Waals surface area contributed by atoms with Gasteiger partial charge in [-0.2, -0.15) is 0 Å². The second-order valence-electron chi connectivity index (χ2n) is 3.79. The number of phosphoric acid groups is 1. The summed E-state index contributed by atoms with van der Waals surface area (Å²) >= 11 is 0. The minimum absolute atomic E-state index is 0.0459. The van der Waals surface area contributed by atoms with Crippen LogP contribution in [0, 0.1) is 0 Å². The Labute approximate surface area is 108 Å². The molecule has 0 saturated heterocycles. The van der Waals surface area contributed by atoms with Crippen LogP contribution < -0.4 is 5.32 Å². The largest absolute Gasteiger partial charge is 0.469 e. The number of hydrogen-bond acceptors (Lipinski definition) is 3. The van der Waals surface area contributed by atoms with Crippen molar-refractivity contribution >= 4 is 7.82 Å². The van der Waals surface area contributed by atoms with Crippen LogP contribution in [0.4, 0.5) is 0 Å². The lowest BCUT2D eigenvalue weighted by Crippen LogP contribution is -2.23. The Balaban J connectivity index is 0.000000360. The van der Waals surface area contributed by atoms with E-state index in [1.165, 1.54) is 12.5 Å². The summed E-state index contributed by atoms with van der Waals surface area (Å²) in [5, 5.41) is 3.21. The maximum Gasteiger partial charge on any atom is 0.469 e. The van der Waals surface area contributed by atoms with Crippen molar-refractivity contribution in [2.45, 2.75) is 26.3 Å². The van der Waals surface area contributed by atoms with Crippen LogP contribution in [0.2, 0.25) is 0 Å². The molecule has 0 saturated carbocycles. The molecule has 5 nitrogen and oxygen atoms in total. The summed E-state index contributed by atoms with van der Waals surface area (Å²) in [6, 6.07) is 11.1. The predicted octanol–water partition coefficient (Wildman–Crippen LogP) is 1.95. The van der Waals surface area contributed by atoms with Gasteiger partial charge in [0.25, 0.3) is 0 Å². The van der Waals surface area contributed by atoms with Crippen molar-refractivity contribution in [1.82, 2.24) is 5.32 Å². The zero-order chi connectivity index (χ0) is 14.0. The Morgan fingerprint density at radius 1 is 1.33 bits per heavy atom. The molecule has 0 radical (unpaired) electrons. The van der Waals surface area contributed by atoms with Crippen LogP contribution in [-0.2, 0) is 15.5 Å². The molecule has 0 heterocycles. The number of benzene rings is 1. The molecule has 1 rings (SSSR count).